The van der Waals surface area contributed by atoms with Gasteiger partial charge in [-0.15, -0.1) is 24.0 Å². The molecule has 1 saturated carbocycles. The van der Waals surface area contributed by atoms with Crippen molar-refractivity contribution in [1.29, 1.82) is 0 Å². The lowest BCUT2D eigenvalue weighted by Crippen LogP contribution is -2.34. The van der Waals surface area contributed by atoms with Gasteiger partial charge in [-0.1, -0.05) is 18.6 Å². The molecule has 0 bridgehead atoms. The highest BCUT2D eigenvalue weighted by atomic mass is 127. The van der Waals surface area contributed by atoms with E-state index in [1.54, 1.807) is 0 Å². The summed E-state index contributed by atoms with van der Waals surface area (Å²) in [5.74, 6) is 1.23. The average Bonchev–Trinajstić information content (AvgIpc) is 2.38. The summed E-state index contributed by atoms with van der Waals surface area (Å²) < 4.78 is 0. The van der Waals surface area contributed by atoms with Crippen molar-refractivity contribution in [1.82, 2.24) is 5.32 Å². The first-order chi connectivity index (χ1) is 10.1. The Bertz CT molecular complexity index is 497. The van der Waals surface area contributed by atoms with Crippen LogP contribution in [0, 0.1) is 5.92 Å². The number of aliphatic imine (C=N–C) groups is 1. The van der Waals surface area contributed by atoms with E-state index in [1.165, 1.54) is 31.7 Å². The van der Waals surface area contributed by atoms with Gasteiger partial charge < -0.3 is 16.4 Å². The summed E-state index contributed by atoms with van der Waals surface area (Å²) in [4.78, 5) is 15.3. The summed E-state index contributed by atoms with van der Waals surface area (Å²) in [5, 5.41) is 5.89. The highest BCUT2D eigenvalue weighted by Crippen LogP contribution is 2.26. The van der Waals surface area contributed by atoms with Gasteiger partial charge in [0, 0.05) is 25.7 Å². The van der Waals surface area contributed by atoms with Crippen LogP contribution in [0.4, 0.5) is 5.69 Å². The molecule has 1 fully saturated rings. The minimum atomic E-state index is -0.0557. The Labute approximate surface area is 149 Å². The molecule has 22 heavy (non-hydrogen) atoms. The van der Waals surface area contributed by atoms with Crippen molar-refractivity contribution in [2.45, 2.75) is 32.6 Å². The quantitative estimate of drug-likeness (QED) is 0.379. The van der Waals surface area contributed by atoms with Crippen LogP contribution in [0.3, 0.4) is 0 Å². The minimum absolute atomic E-state index is 0. The molecule has 0 atom stereocenters. The molecular weight excluding hydrogens is 391 g/mol. The number of hydrogen-bond acceptors (Lipinski definition) is 2. The zero-order valence-electron chi connectivity index (χ0n) is 13.0. The first-order valence-electron chi connectivity index (χ1n) is 7.54. The number of hydrogen-bond donors (Lipinski definition) is 3. The summed E-state index contributed by atoms with van der Waals surface area (Å²) in [6.07, 6.45) is 4.79. The molecule has 122 valence electrons. The number of halogens is 1. The standard InChI is InChI=1S/C16H24N4O.HI/c1-12(21)20-15-7-5-13(6-8-15)9-10-18-16(17)19-11-14-3-2-4-14;/h5-8,14H,2-4,9-11H2,1H3,(H,20,21)(H3,17,18,19);1H. The second-order valence-electron chi connectivity index (χ2n) is 5.58. The molecule has 0 saturated heterocycles. The summed E-state index contributed by atoms with van der Waals surface area (Å²) >= 11 is 0. The van der Waals surface area contributed by atoms with Crippen molar-refractivity contribution >= 4 is 41.5 Å². The van der Waals surface area contributed by atoms with E-state index >= 15 is 0 Å². The zero-order chi connectivity index (χ0) is 15.1. The van der Waals surface area contributed by atoms with Crippen molar-refractivity contribution in [3.8, 4) is 0 Å². The predicted molar refractivity (Wildman–Crippen MR) is 102 cm³/mol. The molecule has 1 amide bonds. The van der Waals surface area contributed by atoms with Gasteiger partial charge in [0.1, 0.15) is 0 Å². The molecular formula is C16H25IN4O. The number of guanidine groups is 1. The number of nitrogens with one attached hydrogen (secondary N) is 2. The molecule has 0 aliphatic heterocycles. The van der Waals surface area contributed by atoms with Crippen LogP contribution in [0.25, 0.3) is 0 Å². The van der Waals surface area contributed by atoms with Crippen LogP contribution < -0.4 is 16.4 Å². The fourth-order valence-electron chi connectivity index (χ4n) is 2.25. The maximum absolute atomic E-state index is 10.9. The van der Waals surface area contributed by atoms with Crippen LogP contribution in [-0.2, 0) is 11.2 Å². The molecule has 0 spiro atoms. The third-order valence-electron chi connectivity index (χ3n) is 3.74. The van der Waals surface area contributed by atoms with E-state index in [0.29, 0.717) is 5.96 Å². The van der Waals surface area contributed by atoms with Gasteiger partial charge in [0.25, 0.3) is 0 Å². The predicted octanol–water partition coefficient (Wildman–Crippen LogP) is 2.51. The molecule has 4 N–H and O–H groups in total. The normalized spacial score (nSPS) is 14.7. The SMILES string of the molecule is CC(=O)Nc1ccc(CCNC(N)=NCC2CCC2)cc1.I. The van der Waals surface area contributed by atoms with Gasteiger partial charge in [0.2, 0.25) is 5.91 Å². The number of anilines is 1. The Kier molecular flexibility index (Phi) is 8.22. The van der Waals surface area contributed by atoms with E-state index in [1.807, 2.05) is 24.3 Å². The number of benzene rings is 1. The van der Waals surface area contributed by atoms with E-state index in [4.69, 9.17) is 5.73 Å². The van der Waals surface area contributed by atoms with Crippen LogP contribution in [0.5, 0.6) is 0 Å². The van der Waals surface area contributed by atoms with Gasteiger partial charge in [-0.3, -0.25) is 9.79 Å². The minimum Gasteiger partial charge on any atom is -0.370 e. The molecule has 0 heterocycles. The number of carbonyl (C=O) groups excluding carboxylic acids is 1. The van der Waals surface area contributed by atoms with E-state index in [-0.39, 0.29) is 29.9 Å². The van der Waals surface area contributed by atoms with Crippen LogP contribution in [0.1, 0.15) is 31.7 Å². The molecule has 1 aliphatic carbocycles. The van der Waals surface area contributed by atoms with E-state index in [9.17, 15) is 4.79 Å². The molecule has 2 rings (SSSR count). The Morgan fingerprint density at radius 1 is 1.32 bits per heavy atom. The Morgan fingerprint density at radius 3 is 2.55 bits per heavy atom. The molecule has 0 unspecified atom stereocenters. The molecule has 6 heteroatoms. The number of nitrogens with zero attached hydrogens (tertiary/aromatic N) is 1. The van der Waals surface area contributed by atoms with Crippen molar-refractivity contribution in [2.24, 2.45) is 16.6 Å². The maximum Gasteiger partial charge on any atom is 0.221 e. The van der Waals surface area contributed by atoms with Crippen LogP contribution in [0.2, 0.25) is 0 Å². The van der Waals surface area contributed by atoms with Crippen LogP contribution in [0.15, 0.2) is 29.3 Å². The zero-order valence-corrected chi connectivity index (χ0v) is 15.3. The number of rotatable bonds is 6. The van der Waals surface area contributed by atoms with Crippen LogP contribution >= 0.6 is 24.0 Å². The van der Waals surface area contributed by atoms with Gasteiger partial charge in [-0.2, -0.15) is 0 Å². The van der Waals surface area contributed by atoms with E-state index in [0.717, 1.165) is 31.1 Å². The third kappa shape index (κ3) is 6.64. The van der Waals surface area contributed by atoms with Gasteiger partial charge in [0.05, 0.1) is 0 Å². The Morgan fingerprint density at radius 2 is 2.00 bits per heavy atom. The second kappa shape index (κ2) is 9.66. The highest BCUT2D eigenvalue weighted by molar-refractivity contribution is 14.0. The highest BCUT2D eigenvalue weighted by Gasteiger charge is 2.16. The lowest BCUT2D eigenvalue weighted by Gasteiger charge is -2.23. The van der Waals surface area contributed by atoms with Gasteiger partial charge in [0.15, 0.2) is 5.96 Å². The summed E-state index contributed by atoms with van der Waals surface area (Å²) in [6.45, 7) is 3.12. The molecule has 5 nitrogen and oxygen atoms in total. The molecule has 1 aliphatic rings. The maximum atomic E-state index is 10.9. The van der Waals surface area contributed by atoms with Crippen molar-refractivity contribution in [3.05, 3.63) is 29.8 Å². The summed E-state index contributed by atoms with van der Waals surface area (Å²) in [5.41, 5.74) is 7.85. The lowest BCUT2D eigenvalue weighted by atomic mass is 9.86. The van der Waals surface area contributed by atoms with Gasteiger partial charge in [-0.05, 0) is 42.9 Å². The fraction of sp³-hybridized carbons (Fsp3) is 0.500. The number of carbonyl (C=O) groups is 1. The van der Waals surface area contributed by atoms with Gasteiger partial charge >= 0.3 is 0 Å². The Hall–Kier alpha value is -1.31. The monoisotopic (exact) mass is 416 g/mol. The lowest BCUT2D eigenvalue weighted by molar-refractivity contribution is -0.114. The topological polar surface area (TPSA) is 79.5 Å². The molecule has 1 aromatic carbocycles. The van der Waals surface area contributed by atoms with Gasteiger partial charge in [-0.25, -0.2) is 0 Å². The summed E-state index contributed by atoms with van der Waals surface area (Å²) in [7, 11) is 0. The smallest absolute Gasteiger partial charge is 0.221 e. The van der Waals surface area contributed by atoms with Crippen molar-refractivity contribution in [3.63, 3.8) is 0 Å². The molecule has 0 radical (unpaired) electrons. The largest absolute Gasteiger partial charge is 0.370 e. The summed E-state index contributed by atoms with van der Waals surface area (Å²) in [6, 6.07) is 7.83. The van der Waals surface area contributed by atoms with E-state index < -0.39 is 0 Å². The average molecular weight is 416 g/mol. The first kappa shape index (κ1) is 18.7. The number of amides is 1. The second-order valence-corrected chi connectivity index (χ2v) is 5.58. The fourth-order valence-corrected chi connectivity index (χ4v) is 2.25. The molecule has 0 aromatic heterocycles. The third-order valence-corrected chi connectivity index (χ3v) is 3.74. The van der Waals surface area contributed by atoms with Crippen molar-refractivity contribution < 1.29 is 4.79 Å². The molecule has 1 aromatic rings. The Balaban J connectivity index is 0.00000242. The van der Waals surface area contributed by atoms with E-state index in [2.05, 4.69) is 15.6 Å². The van der Waals surface area contributed by atoms with Crippen molar-refractivity contribution in [2.75, 3.05) is 18.4 Å². The number of nitrogens with two attached hydrogens (primary N) is 1. The first-order valence-corrected chi connectivity index (χ1v) is 7.54. The van der Waals surface area contributed by atoms with Crippen LogP contribution in [-0.4, -0.2) is 25.0 Å².